The molecule has 0 aliphatic rings. The molecule has 0 unspecified atom stereocenters. The van der Waals surface area contributed by atoms with E-state index in [1.165, 1.54) is 109 Å². The van der Waals surface area contributed by atoms with Crippen molar-refractivity contribution in [3.63, 3.8) is 0 Å². The smallest absolute Gasteiger partial charge is 0.0586 e. The molecule has 0 aliphatic carbocycles. The minimum atomic E-state index is -0.504. The fourth-order valence-corrected chi connectivity index (χ4v) is 4.31. The molecule has 0 rings (SSSR count). The fourth-order valence-electron chi connectivity index (χ4n) is 3.13. The van der Waals surface area contributed by atoms with Crippen molar-refractivity contribution in [1.82, 2.24) is 0 Å². The van der Waals surface area contributed by atoms with Crippen LogP contribution in [0.3, 0.4) is 0 Å². The van der Waals surface area contributed by atoms with Crippen LogP contribution in [-0.4, -0.2) is 26.2 Å². The summed E-state index contributed by atoms with van der Waals surface area (Å²) in [6.07, 6.45) is 25.1. The average molecular weight is 409 g/mol. The summed E-state index contributed by atoms with van der Waals surface area (Å²) in [7, 11) is -0.504. The molecule has 0 N–H and O–H groups in total. The third kappa shape index (κ3) is 25.3. The Labute approximate surface area is 160 Å². The molecule has 0 saturated heterocycles. The summed E-state index contributed by atoms with van der Waals surface area (Å²) < 4.78 is 0. The Kier molecular flexibility index (Phi) is 21.9. The Morgan fingerprint density at radius 1 is 0.435 bits per heavy atom. The van der Waals surface area contributed by atoms with Crippen molar-refractivity contribution >= 4 is 7.26 Å². The van der Waals surface area contributed by atoms with Gasteiger partial charge in [-0.1, -0.05) is 96.8 Å². The molecular weight excluding hydrogens is 363 g/mol. The normalized spacial score (nSPS) is 11.5. The standard InChI is InChI=1S/C21H46P.BrH/c1-5-6-7-8-9-10-11-12-13-14-15-16-17-18-19-20-21-22(2,3)4;/h5-21H2,1-4H3;1H/q+1;/p-1. The topological polar surface area (TPSA) is 0 Å². The SMILES string of the molecule is CCCCCCCCCCCCCCCCCC[P+](C)(C)C.[Br-]. The van der Waals surface area contributed by atoms with Gasteiger partial charge in [0.15, 0.2) is 0 Å². The molecule has 0 aromatic rings. The lowest BCUT2D eigenvalue weighted by molar-refractivity contribution is -0.00000521. The van der Waals surface area contributed by atoms with Crippen LogP contribution < -0.4 is 17.0 Å². The van der Waals surface area contributed by atoms with E-state index in [4.69, 9.17) is 0 Å². The highest BCUT2D eigenvalue weighted by Crippen LogP contribution is 2.47. The first-order valence-corrected chi connectivity index (χ1v) is 13.7. The molecule has 0 saturated carbocycles. The Balaban J connectivity index is 0. The third-order valence-electron chi connectivity index (χ3n) is 4.68. The van der Waals surface area contributed by atoms with E-state index in [1.807, 2.05) is 0 Å². The lowest BCUT2D eigenvalue weighted by atomic mass is 10.0. The van der Waals surface area contributed by atoms with Gasteiger partial charge in [-0.2, -0.15) is 0 Å². The predicted molar refractivity (Wildman–Crippen MR) is 109 cm³/mol. The van der Waals surface area contributed by atoms with Gasteiger partial charge in [0.2, 0.25) is 0 Å². The summed E-state index contributed by atoms with van der Waals surface area (Å²) in [5.74, 6) is 0. The van der Waals surface area contributed by atoms with Crippen LogP contribution in [-0.2, 0) is 0 Å². The van der Waals surface area contributed by atoms with Crippen molar-refractivity contribution in [2.45, 2.75) is 110 Å². The van der Waals surface area contributed by atoms with Crippen molar-refractivity contribution in [3.05, 3.63) is 0 Å². The lowest BCUT2D eigenvalue weighted by Crippen LogP contribution is -3.00. The number of rotatable bonds is 17. The molecule has 0 heterocycles. The first-order chi connectivity index (χ1) is 10.6. The Morgan fingerprint density at radius 2 is 0.696 bits per heavy atom. The van der Waals surface area contributed by atoms with E-state index >= 15 is 0 Å². The highest BCUT2D eigenvalue weighted by atomic mass is 79.9. The molecule has 0 atom stereocenters. The minimum absolute atomic E-state index is 0. The fraction of sp³-hybridized carbons (Fsp3) is 1.00. The molecule has 0 aliphatic heterocycles. The number of unbranched alkanes of at least 4 members (excludes halogenated alkanes) is 15. The van der Waals surface area contributed by atoms with Crippen LogP contribution >= 0.6 is 7.26 Å². The first kappa shape index (κ1) is 26.1. The third-order valence-corrected chi connectivity index (χ3v) is 6.34. The molecule has 2 heteroatoms. The summed E-state index contributed by atoms with van der Waals surface area (Å²) >= 11 is 0. The monoisotopic (exact) mass is 408 g/mol. The zero-order valence-electron chi connectivity index (χ0n) is 16.8. The molecule has 0 bridgehead atoms. The average Bonchev–Trinajstić information content (AvgIpc) is 2.45. The summed E-state index contributed by atoms with van der Waals surface area (Å²) in [6, 6.07) is 0. The molecule has 0 aromatic carbocycles. The quantitative estimate of drug-likeness (QED) is 0.230. The molecule has 0 fully saturated rings. The zero-order valence-corrected chi connectivity index (χ0v) is 19.3. The van der Waals surface area contributed by atoms with E-state index in [2.05, 4.69) is 26.9 Å². The van der Waals surface area contributed by atoms with Crippen LogP contribution in [0.25, 0.3) is 0 Å². The van der Waals surface area contributed by atoms with Gasteiger partial charge in [0.05, 0.1) is 6.16 Å². The lowest BCUT2D eigenvalue weighted by Gasteiger charge is -2.10. The summed E-state index contributed by atoms with van der Waals surface area (Å²) in [5, 5.41) is 0. The predicted octanol–water partition coefficient (Wildman–Crippen LogP) is 5.16. The Bertz CT molecular complexity index is 210. The van der Waals surface area contributed by atoms with Gasteiger partial charge in [-0.15, -0.1) is 0 Å². The molecule has 0 nitrogen and oxygen atoms in total. The van der Waals surface area contributed by atoms with Gasteiger partial charge in [0.25, 0.3) is 0 Å². The van der Waals surface area contributed by atoms with Crippen molar-refractivity contribution in [3.8, 4) is 0 Å². The van der Waals surface area contributed by atoms with E-state index in [1.54, 1.807) is 0 Å². The maximum Gasteiger partial charge on any atom is 0.0586 e. The van der Waals surface area contributed by atoms with Gasteiger partial charge in [-0.25, -0.2) is 0 Å². The van der Waals surface area contributed by atoms with Gasteiger partial charge < -0.3 is 17.0 Å². The second-order valence-electron chi connectivity index (χ2n) is 8.32. The molecule has 0 radical (unpaired) electrons. The van der Waals surface area contributed by atoms with Crippen molar-refractivity contribution < 1.29 is 17.0 Å². The van der Waals surface area contributed by atoms with Gasteiger partial charge in [-0.3, -0.25) is 0 Å². The number of hydrogen-bond donors (Lipinski definition) is 0. The Morgan fingerprint density at radius 3 is 0.957 bits per heavy atom. The Hall–Kier alpha value is 0.910. The summed E-state index contributed by atoms with van der Waals surface area (Å²) in [5.41, 5.74) is 0. The van der Waals surface area contributed by atoms with E-state index in [9.17, 15) is 0 Å². The van der Waals surface area contributed by atoms with Gasteiger partial charge in [0, 0.05) is 27.3 Å². The van der Waals surface area contributed by atoms with E-state index in [0.29, 0.717) is 0 Å². The largest absolute Gasteiger partial charge is 1.00 e. The molecular formula is C21H46BrP. The maximum absolute atomic E-state index is 2.47. The molecule has 142 valence electrons. The molecule has 0 spiro atoms. The number of halogens is 1. The molecule has 0 aromatic heterocycles. The van der Waals surface area contributed by atoms with Gasteiger partial charge >= 0.3 is 0 Å². The van der Waals surface area contributed by atoms with Crippen LogP contribution in [0, 0.1) is 0 Å². The highest BCUT2D eigenvalue weighted by Gasteiger charge is 2.15. The van der Waals surface area contributed by atoms with E-state index < -0.39 is 7.26 Å². The van der Waals surface area contributed by atoms with Gasteiger partial charge in [-0.05, 0) is 12.8 Å². The van der Waals surface area contributed by atoms with E-state index in [0.717, 1.165) is 0 Å². The van der Waals surface area contributed by atoms with Crippen LogP contribution in [0.1, 0.15) is 110 Å². The van der Waals surface area contributed by atoms with Crippen molar-refractivity contribution in [2.24, 2.45) is 0 Å². The van der Waals surface area contributed by atoms with Crippen LogP contribution in [0.5, 0.6) is 0 Å². The summed E-state index contributed by atoms with van der Waals surface area (Å²) in [4.78, 5) is 0. The minimum Gasteiger partial charge on any atom is -1.00 e. The van der Waals surface area contributed by atoms with Crippen LogP contribution in [0.15, 0.2) is 0 Å². The van der Waals surface area contributed by atoms with Crippen molar-refractivity contribution in [1.29, 1.82) is 0 Å². The van der Waals surface area contributed by atoms with Gasteiger partial charge in [0.1, 0.15) is 0 Å². The number of hydrogen-bond acceptors (Lipinski definition) is 0. The van der Waals surface area contributed by atoms with E-state index in [-0.39, 0.29) is 17.0 Å². The van der Waals surface area contributed by atoms with Crippen LogP contribution in [0.4, 0.5) is 0 Å². The second-order valence-corrected chi connectivity index (χ2v) is 13.3. The van der Waals surface area contributed by atoms with Crippen LogP contribution in [0.2, 0.25) is 0 Å². The first-order valence-electron chi connectivity index (χ1n) is 10.4. The maximum atomic E-state index is 2.47. The summed E-state index contributed by atoms with van der Waals surface area (Å²) in [6.45, 7) is 9.71. The highest BCUT2D eigenvalue weighted by molar-refractivity contribution is 7.73. The molecule has 0 amide bonds. The van der Waals surface area contributed by atoms with Crippen molar-refractivity contribution in [2.75, 3.05) is 26.2 Å². The molecule has 23 heavy (non-hydrogen) atoms. The zero-order chi connectivity index (χ0) is 16.5. The second kappa shape index (κ2) is 19.2.